The molecule has 0 aliphatic carbocycles. The quantitative estimate of drug-likeness (QED) is 0.426. The van der Waals surface area contributed by atoms with E-state index in [-0.39, 0.29) is 0 Å². The molecule has 1 atom stereocenters. The van der Waals surface area contributed by atoms with Crippen molar-refractivity contribution in [1.82, 2.24) is 0 Å². The highest BCUT2D eigenvalue weighted by Crippen LogP contribution is 2.25. The lowest BCUT2D eigenvalue weighted by molar-refractivity contribution is -0.160. The summed E-state index contributed by atoms with van der Waals surface area (Å²) >= 11 is 0. The average molecular weight is 152 g/mol. The molecule has 48 valence electrons. The molecule has 0 fully saturated rings. The van der Waals surface area contributed by atoms with Crippen molar-refractivity contribution in [2.24, 2.45) is 0 Å². The van der Waals surface area contributed by atoms with Gasteiger partial charge in [-0.05, 0) is 13.1 Å². The first-order valence-corrected chi connectivity index (χ1v) is 7.13. The second-order valence-corrected chi connectivity index (χ2v) is 10.1. The third-order valence-corrected chi connectivity index (χ3v) is 6.00. The van der Waals surface area contributed by atoms with Crippen molar-refractivity contribution in [1.29, 1.82) is 0 Å². The fourth-order valence-electron chi connectivity index (χ4n) is 0.0745. The van der Waals surface area contributed by atoms with Gasteiger partial charge in [-0.25, -0.2) is 0 Å². The first-order chi connectivity index (χ1) is 3.50. The van der Waals surface area contributed by atoms with Gasteiger partial charge in [0.05, 0.1) is 0 Å². The lowest BCUT2D eigenvalue weighted by Crippen LogP contribution is -2.27. The Hall–Kier alpha value is 0.237. The minimum atomic E-state index is -2.33. The lowest BCUT2D eigenvalue weighted by atomic mass is 11.8. The van der Waals surface area contributed by atoms with Gasteiger partial charge in [0.15, 0.2) is 0 Å². The van der Waals surface area contributed by atoms with E-state index >= 15 is 0 Å². The fraction of sp³-hybridized carbons (Fsp3) is 1.00. The Bertz CT molecular complexity index is 103. The van der Waals surface area contributed by atoms with Gasteiger partial charge < -0.3 is 9.32 Å². The van der Waals surface area contributed by atoms with Crippen LogP contribution in [0.1, 0.15) is 0 Å². The van der Waals surface area contributed by atoms with Gasteiger partial charge in [-0.15, -0.1) is 0 Å². The maximum absolute atomic E-state index is 10.2. The summed E-state index contributed by atoms with van der Waals surface area (Å²) in [7, 11) is -3.20. The van der Waals surface area contributed by atoms with Crippen LogP contribution in [0, 0.1) is 0 Å². The van der Waals surface area contributed by atoms with Crippen LogP contribution in [-0.2, 0) is 8.99 Å². The maximum atomic E-state index is 10.2. The van der Waals surface area contributed by atoms with Gasteiger partial charge in [-0.1, -0.05) is 4.57 Å². The third-order valence-electron chi connectivity index (χ3n) is 0.939. The number of hydrogen-bond acceptors (Lipinski definition) is 3. The molecule has 1 unspecified atom stereocenters. The van der Waals surface area contributed by atoms with Crippen LogP contribution in [0.4, 0.5) is 0 Å². The Morgan fingerprint density at radius 1 is 1.62 bits per heavy atom. The smallest absolute Gasteiger partial charge is 0.467 e. The number of hydrogen-bond donors (Lipinski definition) is 0. The van der Waals surface area contributed by atoms with Crippen molar-refractivity contribution in [2.45, 2.75) is 13.1 Å². The molecule has 0 aromatic rings. The molecule has 0 heterocycles. The summed E-state index contributed by atoms with van der Waals surface area (Å²) in [6, 6.07) is 0. The summed E-state index contributed by atoms with van der Waals surface area (Å²) in [4.78, 5) is 10.2. The van der Waals surface area contributed by atoms with E-state index in [1.54, 1.807) is 13.1 Å². The highest BCUT2D eigenvalue weighted by atomic mass is 31.4. The summed E-state index contributed by atoms with van der Waals surface area (Å²) in [6.45, 7) is 3.28. The van der Waals surface area contributed by atoms with Gasteiger partial charge >= 0.3 is 7.98 Å². The molecular weight excluding hydrogens is 143 g/mol. The Morgan fingerprint density at radius 3 is 2.00 bits per heavy atom. The zero-order valence-electron chi connectivity index (χ0n) is 5.17. The molecule has 0 rings (SSSR count). The van der Waals surface area contributed by atoms with E-state index in [9.17, 15) is 9.46 Å². The van der Waals surface area contributed by atoms with E-state index in [0.29, 0.717) is 0 Å². The van der Waals surface area contributed by atoms with Crippen molar-refractivity contribution in [3.05, 3.63) is 0 Å². The molecule has 0 aliphatic heterocycles. The van der Waals surface area contributed by atoms with Gasteiger partial charge in [-0.3, -0.25) is 0 Å². The molecule has 0 spiro atoms. The zero-order valence-corrected chi connectivity index (χ0v) is 7.07. The fourth-order valence-corrected chi connectivity index (χ4v) is 0.671. The van der Waals surface area contributed by atoms with Gasteiger partial charge in [0.25, 0.3) is 7.58 Å². The molecule has 8 heavy (non-hydrogen) atoms. The Morgan fingerprint density at radius 2 is 2.00 bits per heavy atom. The standard InChI is InChI=1S/C3H9O3PSi/c1-6-8(2,3)7(4)5/h1-3H3. The minimum absolute atomic E-state index is 1.43. The minimum Gasteiger partial charge on any atom is -0.607 e. The highest BCUT2D eigenvalue weighted by Gasteiger charge is 2.38. The summed E-state index contributed by atoms with van der Waals surface area (Å²) in [5.74, 6) is 0. The highest BCUT2D eigenvalue weighted by molar-refractivity contribution is 7.79. The molecule has 0 aromatic carbocycles. The molecule has 0 N–H and O–H groups in total. The van der Waals surface area contributed by atoms with Crippen LogP contribution < -0.4 is 4.89 Å². The molecule has 0 bridgehead atoms. The second kappa shape index (κ2) is 2.69. The Kier molecular flexibility index (Phi) is 2.77. The van der Waals surface area contributed by atoms with E-state index in [2.05, 4.69) is 0 Å². The first-order valence-electron chi connectivity index (χ1n) is 2.20. The SMILES string of the molecule is CO[Si](C)(C)[P+](=O)[O-]. The van der Waals surface area contributed by atoms with Crippen LogP contribution in [0.3, 0.4) is 0 Å². The predicted molar refractivity (Wildman–Crippen MR) is 32.1 cm³/mol. The molecule has 0 amide bonds. The number of rotatable bonds is 2. The van der Waals surface area contributed by atoms with Crippen LogP contribution in [0.5, 0.6) is 0 Å². The topological polar surface area (TPSA) is 49.4 Å². The van der Waals surface area contributed by atoms with Gasteiger partial charge in [0.2, 0.25) is 0 Å². The van der Waals surface area contributed by atoms with Crippen molar-refractivity contribution in [2.75, 3.05) is 7.11 Å². The van der Waals surface area contributed by atoms with E-state index in [4.69, 9.17) is 4.43 Å². The van der Waals surface area contributed by atoms with Crippen LogP contribution >= 0.6 is 7.58 Å². The predicted octanol–water partition coefficient (Wildman–Crippen LogP) is 0.437. The molecule has 0 aliphatic rings. The van der Waals surface area contributed by atoms with E-state index in [1.807, 2.05) is 0 Å². The van der Waals surface area contributed by atoms with E-state index < -0.39 is 15.6 Å². The summed E-state index contributed by atoms with van der Waals surface area (Å²) in [6.07, 6.45) is 0. The molecular formula is C3H9O3PSi. The second-order valence-electron chi connectivity index (χ2n) is 1.91. The largest absolute Gasteiger partial charge is 0.607 e. The molecule has 0 radical (unpaired) electrons. The maximum Gasteiger partial charge on any atom is 0.467 e. The first kappa shape index (κ1) is 8.24. The molecule has 0 saturated carbocycles. The van der Waals surface area contributed by atoms with Crippen molar-refractivity contribution >= 4 is 15.6 Å². The zero-order chi connectivity index (χ0) is 6.78. The normalized spacial score (nSPS) is 13.8. The van der Waals surface area contributed by atoms with Crippen LogP contribution in [0.15, 0.2) is 0 Å². The molecule has 0 aromatic heterocycles. The van der Waals surface area contributed by atoms with Gasteiger partial charge in [0.1, 0.15) is 0 Å². The third kappa shape index (κ3) is 2.00. The molecule has 0 saturated heterocycles. The summed E-state index contributed by atoms with van der Waals surface area (Å²) in [5, 5.41) is 0. The Balaban J connectivity index is 3.91. The van der Waals surface area contributed by atoms with Crippen LogP contribution in [-0.4, -0.2) is 15.1 Å². The summed E-state index contributed by atoms with van der Waals surface area (Å²) < 4.78 is 15.0. The lowest BCUT2D eigenvalue weighted by Gasteiger charge is -2.06. The van der Waals surface area contributed by atoms with Crippen molar-refractivity contribution in [3.8, 4) is 0 Å². The van der Waals surface area contributed by atoms with E-state index in [1.165, 1.54) is 7.11 Å². The van der Waals surface area contributed by atoms with Crippen LogP contribution in [0.25, 0.3) is 0 Å². The van der Waals surface area contributed by atoms with Crippen molar-refractivity contribution < 1.29 is 13.9 Å². The van der Waals surface area contributed by atoms with Crippen LogP contribution in [0.2, 0.25) is 13.1 Å². The average Bonchev–Trinajstić information content (AvgIpc) is 1.67. The Labute approximate surface area is 50.5 Å². The monoisotopic (exact) mass is 152 g/mol. The van der Waals surface area contributed by atoms with Crippen molar-refractivity contribution in [3.63, 3.8) is 0 Å². The molecule has 5 heteroatoms. The molecule has 3 nitrogen and oxygen atoms in total. The van der Waals surface area contributed by atoms with E-state index in [0.717, 1.165) is 0 Å². The van der Waals surface area contributed by atoms with Gasteiger partial charge in [0, 0.05) is 7.11 Å². The summed E-state index contributed by atoms with van der Waals surface area (Å²) in [5.41, 5.74) is 0. The van der Waals surface area contributed by atoms with Gasteiger partial charge in [-0.2, -0.15) is 0 Å².